The number of rotatable bonds is 5. The molecule has 0 aliphatic heterocycles. The smallest absolute Gasteiger partial charge is 0.0463 e. The van der Waals surface area contributed by atoms with Crippen LogP contribution >= 0.6 is 0 Å². The summed E-state index contributed by atoms with van der Waals surface area (Å²) in [6.07, 6.45) is 0. The maximum Gasteiger partial charge on any atom is 0.0463 e. The fraction of sp³-hybridized carbons (Fsp3) is 0. The van der Waals surface area contributed by atoms with Gasteiger partial charge in [-0.3, -0.25) is 0 Å². The lowest BCUT2D eigenvalue weighted by atomic mass is 9.99. The Bertz CT molecular complexity index is 1270. The number of hydrogen-bond donors (Lipinski definition) is 1. The Labute approximate surface area is 183 Å². The molecule has 31 heavy (non-hydrogen) atoms. The molecule has 0 saturated carbocycles. The molecule has 0 bridgehead atoms. The molecule has 5 aromatic rings. The van der Waals surface area contributed by atoms with Gasteiger partial charge in [-0.2, -0.15) is 0 Å². The molecule has 0 aliphatic rings. The molecule has 5 aromatic carbocycles. The van der Waals surface area contributed by atoms with E-state index in [1.807, 2.05) is 6.07 Å². The van der Waals surface area contributed by atoms with Crippen LogP contribution in [0.4, 0.5) is 11.4 Å². The second kappa shape index (κ2) is 8.73. The van der Waals surface area contributed by atoms with Gasteiger partial charge in [-0.05, 0) is 52.1 Å². The van der Waals surface area contributed by atoms with Crippen molar-refractivity contribution in [2.24, 2.45) is 0 Å². The van der Waals surface area contributed by atoms with Crippen LogP contribution in [0.15, 0.2) is 133 Å². The second-order valence-electron chi connectivity index (χ2n) is 7.56. The first kappa shape index (κ1) is 18.9. The normalized spacial score (nSPS) is 10.6. The van der Waals surface area contributed by atoms with Crippen LogP contribution in [-0.4, -0.2) is 0 Å². The van der Waals surface area contributed by atoms with Crippen molar-refractivity contribution in [3.8, 4) is 33.4 Å². The van der Waals surface area contributed by atoms with Crippen LogP contribution in [0, 0.1) is 0 Å². The van der Waals surface area contributed by atoms with Gasteiger partial charge in [0.1, 0.15) is 0 Å². The molecule has 1 N–H and O–H groups in total. The minimum Gasteiger partial charge on any atom is -0.355 e. The zero-order chi connectivity index (χ0) is 20.9. The lowest BCUT2D eigenvalue weighted by Crippen LogP contribution is -1.93. The highest BCUT2D eigenvalue weighted by Gasteiger charge is 2.06. The summed E-state index contributed by atoms with van der Waals surface area (Å²) in [5.74, 6) is 0. The van der Waals surface area contributed by atoms with Gasteiger partial charge < -0.3 is 5.32 Å². The van der Waals surface area contributed by atoms with E-state index >= 15 is 0 Å². The first-order valence-electron chi connectivity index (χ1n) is 10.5. The molecule has 0 aromatic heterocycles. The Hall–Kier alpha value is -4.10. The van der Waals surface area contributed by atoms with Crippen molar-refractivity contribution in [1.29, 1.82) is 0 Å². The second-order valence-corrected chi connectivity index (χ2v) is 7.56. The van der Waals surface area contributed by atoms with E-state index < -0.39 is 0 Å². The van der Waals surface area contributed by atoms with Crippen molar-refractivity contribution in [2.75, 3.05) is 5.32 Å². The predicted octanol–water partition coefficient (Wildman–Crippen LogP) is 8.43. The lowest BCUT2D eigenvalue weighted by molar-refractivity contribution is 1.52. The van der Waals surface area contributed by atoms with E-state index in [4.69, 9.17) is 0 Å². The number of hydrogen-bond acceptors (Lipinski definition) is 1. The fourth-order valence-electron chi connectivity index (χ4n) is 3.87. The van der Waals surface area contributed by atoms with Gasteiger partial charge in [-0.15, -0.1) is 0 Å². The van der Waals surface area contributed by atoms with E-state index in [9.17, 15) is 0 Å². The summed E-state index contributed by atoms with van der Waals surface area (Å²) in [6, 6.07) is 46.8. The molecule has 1 nitrogen and oxygen atoms in total. The molecule has 0 amide bonds. The SMILES string of the molecule is c1ccc(-c2cccc(-c3ccc(Nc4ccccc4-c4ccccc4)cc3)c2)cc1. The summed E-state index contributed by atoms with van der Waals surface area (Å²) in [5.41, 5.74) is 9.48. The highest BCUT2D eigenvalue weighted by molar-refractivity contribution is 5.81. The van der Waals surface area contributed by atoms with Crippen LogP contribution in [-0.2, 0) is 0 Å². The average Bonchev–Trinajstić information content (AvgIpc) is 2.86. The lowest BCUT2D eigenvalue weighted by Gasteiger charge is -2.13. The molecule has 0 unspecified atom stereocenters. The number of para-hydroxylation sites is 1. The molecule has 0 radical (unpaired) electrons. The minimum atomic E-state index is 1.08. The molecule has 0 atom stereocenters. The maximum atomic E-state index is 3.59. The van der Waals surface area contributed by atoms with Crippen molar-refractivity contribution in [3.05, 3.63) is 133 Å². The predicted molar refractivity (Wildman–Crippen MR) is 132 cm³/mol. The molecular weight excluding hydrogens is 374 g/mol. The van der Waals surface area contributed by atoms with Crippen molar-refractivity contribution >= 4 is 11.4 Å². The molecule has 0 fully saturated rings. The van der Waals surface area contributed by atoms with Crippen LogP contribution in [0.2, 0.25) is 0 Å². The van der Waals surface area contributed by atoms with Gasteiger partial charge in [0.15, 0.2) is 0 Å². The van der Waals surface area contributed by atoms with Crippen LogP contribution in [0.25, 0.3) is 33.4 Å². The summed E-state index contributed by atoms with van der Waals surface area (Å²) in [6.45, 7) is 0. The largest absolute Gasteiger partial charge is 0.355 e. The molecule has 0 saturated heterocycles. The van der Waals surface area contributed by atoms with Crippen LogP contribution < -0.4 is 5.32 Å². The molecule has 0 spiro atoms. The zero-order valence-corrected chi connectivity index (χ0v) is 17.2. The number of benzene rings is 5. The van der Waals surface area contributed by atoms with Gasteiger partial charge in [0.25, 0.3) is 0 Å². The van der Waals surface area contributed by atoms with E-state index in [2.05, 4.69) is 133 Å². The third kappa shape index (κ3) is 4.26. The topological polar surface area (TPSA) is 12.0 Å². The van der Waals surface area contributed by atoms with Gasteiger partial charge in [0.05, 0.1) is 0 Å². The fourth-order valence-corrected chi connectivity index (χ4v) is 3.87. The van der Waals surface area contributed by atoms with E-state index in [0.29, 0.717) is 0 Å². The summed E-state index contributed by atoms with van der Waals surface area (Å²) >= 11 is 0. The third-order valence-electron chi connectivity index (χ3n) is 5.48. The zero-order valence-electron chi connectivity index (χ0n) is 17.2. The summed E-state index contributed by atoms with van der Waals surface area (Å²) in [4.78, 5) is 0. The Balaban J connectivity index is 1.40. The van der Waals surface area contributed by atoms with Crippen molar-refractivity contribution in [3.63, 3.8) is 0 Å². The Morgan fingerprint density at radius 3 is 1.55 bits per heavy atom. The monoisotopic (exact) mass is 397 g/mol. The first-order valence-corrected chi connectivity index (χ1v) is 10.5. The molecule has 0 heterocycles. The molecule has 148 valence electrons. The van der Waals surface area contributed by atoms with Gasteiger partial charge >= 0.3 is 0 Å². The minimum absolute atomic E-state index is 1.08. The van der Waals surface area contributed by atoms with E-state index in [1.54, 1.807) is 0 Å². The molecule has 0 aliphatic carbocycles. The highest BCUT2D eigenvalue weighted by Crippen LogP contribution is 2.31. The van der Waals surface area contributed by atoms with Crippen LogP contribution in [0.1, 0.15) is 0 Å². The van der Waals surface area contributed by atoms with Gasteiger partial charge in [0.2, 0.25) is 0 Å². The van der Waals surface area contributed by atoms with Gasteiger partial charge in [0, 0.05) is 16.9 Å². The highest BCUT2D eigenvalue weighted by atomic mass is 14.9. The Morgan fingerprint density at radius 1 is 0.355 bits per heavy atom. The Morgan fingerprint density at radius 2 is 0.871 bits per heavy atom. The van der Waals surface area contributed by atoms with Crippen molar-refractivity contribution < 1.29 is 0 Å². The van der Waals surface area contributed by atoms with Crippen molar-refractivity contribution in [1.82, 2.24) is 0 Å². The summed E-state index contributed by atoms with van der Waals surface area (Å²) in [5, 5.41) is 3.59. The summed E-state index contributed by atoms with van der Waals surface area (Å²) in [7, 11) is 0. The number of anilines is 2. The van der Waals surface area contributed by atoms with E-state index in [-0.39, 0.29) is 0 Å². The van der Waals surface area contributed by atoms with Gasteiger partial charge in [-0.25, -0.2) is 0 Å². The van der Waals surface area contributed by atoms with E-state index in [0.717, 1.165) is 11.4 Å². The quantitative estimate of drug-likeness (QED) is 0.314. The van der Waals surface area contributed by atoms with E-state index in [1.165, 1.54) is 33.4 Å². The molecule has 5 rings (SSSR count). The standard InChI is InChI=1S/C30H23N/c1-3-10-23(11-4-1)26-14-9-15-27(22-26)24-18-20-28(21-19-24)31-30-17-8-7-16-29(30)25-12-5-2-6-13-25/h1-22,31H. The number of nitrogens with one attached hydrogen (secondary N) is 1. The van der Waals surface area contributed by atoms with Crippen LogP contribution in [0.5, 0.6) is 0 Å². The maximum absolute atomic E-state index is 3.59. The first-order chi connectivity index (χ1) is 15.4. The molecule has 1 heteroatoms. The summed E-state index contributed by atoms with van der Waals surface area (Å²) < 4.78 is 0. The average molecular weight is 398 g/mol. The Kier molecular flexibility index (Phi) is 5.32. The van der Waals surface area contributed by atoms with Crippen molar-refractivity contribution in [2.45, 2.75) is 0 Å². The van der Waals surface area contributed by atoms with Crippen LogP contribution in [0.3, 0.4) is 0 Å². The molecular formula is C30H23N. The third-order valence-corrected chi connectivity index (χ3v) is 5.48. The van der Waals surface area contributed by atoms with Gasteiger partial charge in [-0.1, -0.05) is 109 Å².